The van der Waals surface area contributed by atoms with Crippen molar-refractivity contribution in [1.82, 2.24) is 4.31 Å². The Hall–Kier alpha value is -1.68. The van der Waals surface area contributed by atoms with Crippen molar-refractivity contribution >= 4 is 21.4 Å². The second-order valence-corrected chi connectivity index (χ2v) is 7.47. The van der Waals surface area contributed by atoms with Gasteiger partial charge >= 0.3 is 0 Å². The third-order valence-corrected chi connectivity index (χ3v) is 5.81. The zero-order valence-electron chi connectivity index (χ0n) is 11.2. The Bertz CT molecular complexity index is 757. The molecule has 2 rings (SSSR count). The summed E-state index contributed by atoms with van der Waals surface area (Å²) in [5.74, 6) is 0. The molecule has 0 bridgehead atoms. The Morgan fingerprint density at radius 2 is 2.10 bits per heavy atom. The van der Waals surface area contributed by atoms with E-state index in [2.05, 4.69) is 0 Å². The number of nitriles is 1. The normalized spacial score (nSPS) is 11.5. The number of benzene rings is 1. The first-order valence-electron chi connectivity index (χ1n) is 5.94. The molecule has 0 aliphatic carbocycles. The Labute approximate surface area is 123 Å². The van der Waals surface area contributed by atoms with E-state index in [1.165, 1.54) is 27.8 Å². The van der Waals surface area contributed by atoms with E-state index in [1.807, 2.05) is 24.4 Å². The fourth-order valence-electron chi connectivity index (χ4n) is 1.76. The van der Waals surface area contributed by atoms with E-state index < -0.39 is 10.0 Å². The van der Waals surface area contributed by atoms with Crippen molar-refractivity contribution < 1.29 is 8.42 Å². The van der Waals surface area contributed by atoms with Crippen LogP contribution in [0.1, 0.15) is 16.0 Å². The van der Waals surface area contributed by atoms with Crippen LogP contribution in [0.5, 0.6) is 0 Å². The van der Waals surface area contributed by atoms with Gasteiger partial charge in [-0.15, -0.1) is 11.3 Å². The molecular formula is C14H14N2O2S2. The summed E-state index contributed by atoms with van der Waals surface area (Å²) in [4.78, 5) is 1.17. The summed E-state index contributed by atoms with van der Waals surface area (Å²) in [7, 11) is -2.03. The van der Waals surface area contributed by atoms with Crippen LogP contribution in [-0.4, -0.2) is 19.8 Å². The van der Waals surface area contributed by atoms with Gasteiger partial charge in [0.25, 0.3) is 0 Å². The fraction of sp³-hybridized carbons (Fsp3) is 0.214. The molecule has 0 spiro atoms. The fourth-order valence-corrected chi connectivity index (χ4v) is 3.98. The second kappa shape index (κ2) is 5.75. The lowest BCUT2D eigenvalue weighted by atomic mass is 10.2. The molecule has 1 aromatic heterocycles. The van der Waals surface area contributed by atoms with Gasteiger partial charge < -0.3 is 0 Å². The summed E-state index contributed by atoms with van der Waals surface area (Å²) < 4.78 is 26.2. The van der Waals surface area contributed by atoms with Crippen molar-refractivity contribution in [3.05, 3.63) is 51.7 Å². The Morgan fingerprint density at radius 3 is 2.70 bits per heavy atom. The van der Waals surface area contributed by atoms with Crippen LogP contribution >= 0.6 is 11.3 Å². The summed E-state index contributed by atoms with van der Waals surface area (Å²) in [6.07, 6.45) is 0. The first-order chi connectivity index (χ1) is 9.45. The van der Waals surface area contributed by atoms with Gasteiger partial charge in [-0.3, -0.25) is 0 Å². The monoisotopic (exact) mass is 306 g/mol. The van der Waals surface area contributed by atoms with E-state index in [0.29, 0.717) is 12.1 Å². The Morgan fingerprint density at radius 1 is 1.35 bits per heavy atom. The highest BCUT2D eigenvalue weighted by atomic mass is 32.2. The van der Waals surface area contributed by atoms with Crippen molar-refractivity contribution in [2.75, 3.05) is 7.05 Å². The van der Waals surface area contributed by atoms with E-state index in [1.54, 1.807) is 19.2 Å². The molecule has 0 saturated carbocycles. The molecule has 0 aliphatic heterocycles. The van der Waals surface area contributed by atoms with Gasteiger partial charge in [-0.2, -0.15) is 9.57 Å². The van der Waals surface area contributed by atoms with Crippen molar-refractivity contribution in [3.63, 3.8) is 0 Å². The SMILES string of the molecule is Cc1ccsc1CN(C)S(=O)(=O)c1cccc(C#N)c1. The summed E-state index contributed by atoms with van der Waals surface area (Å²) in [6, 6.07) is 9.99. The summed E-state index contributed by atoms with van der Waals surface area (Å²) in [5, 5.41) is 10.8. The highest BCUT2D eigenvalue weighted by Gasteiger charge is 2.22. The van der Waals surface area contributed by atoms with E-state index in [0.717, 1.165) is 10.4 Å². The van der Waals surface area contributed by atoms with Gasteiger partial charge in [-0.1, -0.05) is 6.07 Å². The predicted octanol–water partition coefficient (Wildman–Crippen LogP) is 2.75. The van der Waals surface area contributed by atoms with Gasteiger partial charge in [0, 0.05) is 18.5 Å². The van der Waals surface area contributed by atoms with Crippen LogP contribution in [0.4, 0.5) is 0 Å². The average molecular weight is 306 g/mol. The van der Waals surface area contributed by atoms with E-state index in [-0.39, 0.29) is 4.90 Å². The van der Waals surface area contributed by atoms with E-state index in [9.17, 15) is 8.42 Å². The van der Waals surface area contributed by atoms with E-state index in [4.69, 9.17) is 5.26 Å². The van der Waals surface area contributed by atoms with Gasteiger partial charge in [0.05, 0.1) is 16.5 Å². The summed E-state index contributed by atoms with van der Waals surface area (Å²) in [5.41, 5.74) is 1.43. The standard InChI is InChI=1S/C14H14N2O2S2/c1-11-6-7-19-14(11)10-16(2)20(17,18)13-5-3-4-12(8-13)9-15/h3-8H,10H2,1-2H3. The molecule has 1 aromatic carbocycles. The van der Waals surface area contributed by atoms with Crippen LogP contribution in [0.3, 0.4) is 0 Å². The lowest BCUT2D eigenvalue weighted by Crippen LogP contribution is -2.26. The number of rotatable bonds is 4. The number of hydrogen-bond acceptors (Lipinski definition) is 4. The van der Waals surface area contributed by atoms with Crippen LogP contribution in [-0.2, 0) is 16.6 Å². The zero-order valence-corrected chi connectivity index (χ0v) is 12.8. The van der Waals surface area contributed by atoms with Crippen molar-refractivity contribution in [2.45, 2.75) is 18.4 Å². The van der Waals surface area contributed by atoms with Crippen molar-refractivity contribution in [2.24, 2.45) is 0 Å². The first-order valence-corrected chi connectivity index (χ1v) is 8.26. The number of thiophene rings is 1. The summed E-state index contributed by atoms with van der Waals surface area (Å²) >= 11 is 1.54. The largest absolute Gasteiger partial charge is 0.243 e. The maximum Gasteiger partial charge on any atom is 0.243 e. The molecular weight excluding hydrogens is 292 g/mol. The Kier molecular flexibility index (Phi) is 4.23. The first kappa shape index (κ1) is 14.7. The van der Waals surface area contributed by atoms with E-state index >= 15 is 0 Å². The highest BCUT2D eigenvalue weighted by Crippen LogP contribution is 2.22. The molecule has 0 radical (unpaired) electrons. The molecule has 4 nitrogen and oxygen atoms in total. The van der Waals surface area contributed by atoms with Gasteiger partial charge in [-0.05, 0) is 42.1 Å². The third kappa shape index (κ3) is 2.90. The number of sulfonamides is 1. The molecule has 6 heteroatoms. The molecule has 0 atom stereocenters. The average Bonchev–Trinajstić information content (AvgIpc) is 2.84. The predicted molar refractivity (Wildman–Crippen MR) is 78.9 cm³/mol. The number of hydrogen-bond donors (Lipinski definition) is 0. The molecule has 0 unspecified atom stereocenters. The van der Waals surface area contributed by atoms with Gasteiger partial charge in [0.1, 0.15) is 0 Å². The lowest BCUT2D eigenvalue weighted by Gasteiger charge is -2.17. The molecule has 0 aliphatic rings. The minimum absolute atomic E-state index is 0.147. The number of nitrogens with zero attached hydrogens (tertiary/aromatic N) is 2. The maximum atomic E-state index is 12.5. The van der Waals surface area contributed by atoms with Crippen LogP contribution in [0, 0.1) is 18.3 Å². The van der Waals surface area contributed by atoms with Crippen LogP contribution in [0.2, 0.25) is 0 Å². The minimum atomic E-state index is -3.58. The molecule has 0 saturated heterocycles. The number of aryl methyl sites for hydroxylation is 1. The smallest absolute Gasteiger partial charge is 0.207 e. The second-order valence-electron chi connectivity index (χ2n) is 4.43. The van der Waals surface area contributed by atoms with Crippen LogP contribution in [0.15, 0.2) is 40.6 Å². The molecule has 0 fully saturated rings. The van der Waals surface area contributed by atoms with Gasteiger partial charge in [0.2, 0.25) is 10.0 Å². The molecule has 1 heterocycles. The summed E-state index contributed by atoms with van der Waals surface area (Å²) in [6.45, 7) is 2.30. The third-order valence-electron chi connectivity index (χ3n) is 3.01. The molecule has 2 aromatic rings. The molecule has 0 N–H and O–H groups in total. The zero-order chi connectivity index (χ0) is 14.8. The minimum Gasteiger partial charge on any atom is -0.207 e. The van der Waals surface area contributed by atoms with Gasteiger partial charge in [0.15, 0.2) is 0 Å². The Balaban J connectivity index is 2.30. The lowest BCUT2D eigenvalue weighted by molar-refractivity contribution is 0.469. The van der Waals surface area contributed by atoms with Crippen LogP contribution in [0.25, 0.3) is 0 Å². The molecule has 104 valence electrons. The van der Waals surface area contributed by atoms with Crippen LogP contribution < -0.4 is 0 Å². The maximum absolute atomic E-state index is 12.5. The highest BCUT2D eigenvalue weighted by molar-refractivity contribution is 7.89. The van der Waals surface area contributed by atoms with Crippen molar-refractivity contribution in [3.8, 4) is 6.07 Å². The quantitative estimate of drug-likeness (QED) is 0.872. The topological polar surface area (TPSA) is 61.2 Å². The molecule has 20 heavy (non-hydrogen) atoms. The molecule has 0 amide bonds. The van der Waals surface area contributed by atoms with Gasteiger partial charge in [-0.25, -0.2) is 8.42 Å². The van der Waals surface area contributed by atoms with Crippen molar-refractivity contribution in [1.29, 1.82) is 5.26 Å².